The lowest BCUT2D eigenvalue weighted by molar-refractivity contribution is 0.617. The zero-order valence-electron chi connectivity index (χ0n) is 14.4. The summed E-state index contributed by atoms with van der Waals surface area (Å²) >= 11 is 2.16. The fourth-order valence-electron chi connectivity index (χ4n) is 2.79. The fourth-order valence-corrected chi connectivity index (χ4v) is 4.08. The number of imidazole rings is 1. The molecule has 0 bridgehead atoms. The average molecular weight is 331 g/mol. The zero-order valence-corrected chi connectivity index (χ0v) is 15.2. The smallest absolute Gasteiger partial charge is 0.0945 e. The first kappa shape index (κ1) is 18.1. The summed E-state index contributed by atoms with van der Waals surface area (Å²) < 4.78 is 2.19. The van der Waals surface area contributed by atoms with Gasteiger partial charge in [0.2, 0.25) is 0 Å². The van der Waals surface area contributed by atoms with Crippen LogP contribution < -0.4 is 0 Å². The van der Waals surface area contributed by atoms with Crippen LogP contribution in [0.4, 0.5) is 0 Å². The third kappa shape index (κ3) is 7.74. The Hall–Kier alpha value is -1.22. The fraction of sp³-hybridized carbons (Fsp3) is 0.550. The van der Waals surface area contributed by atoms with E-state index >= 15 is 0 Å². The lowest BCUT2D eigenvalue weighted by atomic mass is 10.1. The highest BCUT2D eigenvalue weighted by Crippen LogP contribution is 2.22. The Labute approximate surface area is 145 Å². The zero-order chi connectivity index (χ0) is 16.2. The molecule has 0 amide bonds. The van der Waals surface area contributed by atoms with Gasteiger partial charge in [-0.3, -0.25) is 0 Å². The molecule has 1 atom stereocenters. The van der Waals surface area contributed by atoms with Crippen molar-refractivity contribution < 1.29 is 0 Å². The lowest BCUT2D eigenvalue weighted by Gasteiger charge is -2.17. The van der Waals surface area contributed by atoms with Crippen molar-refractivity contribution in [3.8, 4) is 0 Å². The molecule has 0 aliphatic rings. The van der Waals surface area contributed by atoms with Crippen molar-refractivity contribution in [2.24, 2.45) is 0 Å². The van der Waals surface area contributed by atoms with E-state index in [0.717, 1.165) is 6.54 Å². The van der Waals surface area contributed by atoms with Gasteiger partial charge in [-0.05, 0) is 30.6 Å². The molecule has 2 aromatic rings. The first-order valence-electron chi connectivity index (χ1n) is 8.99. The van der Waals surface area contributed by atoms with Gasteiger partial charge in [0, 0.05) is 24.2 Å². The van der Waals surface area contributed by atoms with E-state index in [1.165, 1.54) is 56.3 Å². The van der Waals surface area contributed by atoms with Crippen LogP contribution in [0.15, 0.2) is 49.1 Å². The van der Waals surface area contributed by atoms with Gasteiger partial charge in [-0.1, -0.05) is 62.9 Å². The number of benzene rings is 1. The van der Waals surface area contributed by atoms with Crippen molar-refractivity contribution in [2.75, 3.05) is 5.75 Å². The maximum absolute atomic E-state index is 4.14. The molecular formula is C20H30N2S. The van der Waals surface area contributed by atoms with Gasteiger partial charge in [0.25, 0.3) is 0 Å². The minimum Gasteiger partial charge on any atom is -0.337 e. The Bertz CT molecular complexity index is 496. The standard InChI is InChI=1S/C20H30N2S/c1-2-3-4-5-9-16-23-20(12-14-22-15-13-21-18-22)17-19-10-7-6-8-11-19/h6-8,10-11,13,15,18,20H,2-5,9,12,14,16-17H2,1H3. The van der Waals surface area contributed by atoms with Crippen molar-refractivity contribution in [1.29, 1.82) is 0 Å². The van der Waals surface area contributed by atoms with Crippen LogP contribution in [0.25, 0.3) is 0 Å². The van der Waals surface area contributed by atoms with E-state index in [9.17, 15) is 0 Å². The summed E-state index contributed by atoms with van der Waals surface area (Å²) in [6, 6.07) is 10.9. The largest absolute Gasteiger partial charge is 0.337 e. The lowest BCUT2D eigenvalue weighted by Crippen LogP contribution is -2.12. The van der Waals surface area contributed by atoms with E-state index in [4.69, 9.17) is 0 Å². The second-order valence-electron chi connectivity index (χ2n) is 6.19. The summed E-state index contributed by atoms with van der Waals surface area (Å²) in [5.74, 6) is 1.30. The van der Waals surface area contributed by atoms with Crippen LogP contribution in [-0.4, -0.2) is 20.6 Å². The summed E-state index contributed by atoms with van der Waals surface area (Å²) in [7, 11) is 0. The number of thioether (sulfide) groups is 1. The summed E-state index contributed by atoms with van der Waals surface area (Å²) in [5.41, 5.74) is 1.46. The number of hydrogen-bond acceptors (Lipinski definition) is 2. The molecule has 1 unspecified atom stereocenters. The van der Waals surface area contributed by atoms with Gasteiger partial charge >= 0.3 is 0 Å². The van der Waals surface area contributed by atoms with Crippen molar-refractivity contribution in [3.05, 3.63) is 54.6 Å². The molecular weight excluding hydrogens is 300 g/mol. The normalized spacial score (nSPS) is 12.4. The highest BCUT2D eigenvalue weighted by molar-refractivity contribution is 7.99. The molecule has 0 aliphatic carbocycles. The van der Waals surface area contributed by atoms with E-state index in [1.807, 2.05) is 12.5 Å². The van der Waals surface area contributed by atoms with Gasteiger partial charge in [0.1, 0.15) is 0 Å². The molecule has 3 heteroatoms. The topological polar surface area (TPSA) is 17.8 Å². The number of nitrogens with zero attached hydrogens (tertiary/aromatic N) is 2. The van der Waals surface area contributed by atoms with Gasteiger partial charge in [-0.2, -0.15) is 11.8 Å². The monoisotopic (exact) mass is 330 g/mol. The second-order valence-corrected chi connectivity index (χ2v) is 7.59. The Morgan fingerprint density at radius 3 is 2.65 bits per heavy atom. The molecule has 0 saturated heterocycles. The Morgan fingerprint density at radius 1 is 1.09 bits per heavy atom. The van der Waals surface area contributed by atoms with Gasteiger partial charge < -0.3 is 4.57 Å². The molecule has 0 aliphatic heterocycles. The third-order valence-electron chi connectivity index (χ3n) is 4.18. The minimum absolute atomic E-state index is 0.700. The van der Waals surface area contributed by atoms with Crippen LogP contribution in [-0.2, 0) is 13.0 Å². The van der Waals surface area contributed by atoms with E-state index in [-0.39, 0.29) is 0 Å². The van der Waals surface area contributed by atoms with E-state index in [2.05, 4.69) is 64.8 Å². The molecule has 1 heterocycles. The predicted molar refractivity (Wildman–Crippen MR) is 102 cm³/mol. The molecule has 126 valence electrons. The summed E-state index contributed by atoms with van der Waals surface area (Å²) in [6.45, 7) is 3.35. The molecule has 0 saturated carbocycles. The number of hydrogen-bond donors (Lipinski definition) is 0. The number of aromatic nitrogens is 2. The molecule has 2 rings (SSSR count). The average Bonchev–Trinajstić information content (AvgIpc) is 3.10. The van der Waals surface area contributed by atoms with Crippen LogP contribution in [0.2, 0.25) is 0 Å². The van der Waals surface area contributed by atoms with E-state index in [0.29, 0.717) is 5.25 Å². The third-order valence-corrected chi connectivity index (χ3v) is 5.57. The number of rotatable bonds is 12. The summed E-state index contributed by atoms with van der Waals surface area (Å²) in [5, 5.41) is 0.700. The molecule has 0 spiro atoms. The maximum atomic E-state index is 4.14. The highest BCUT2D eigenvalue weighted by atomic mass is 32.2. The van der Waals surface area contributed by atoms with Crippen molar-refractivity contribution in [1.82, 2.24) is 9.55 Å². The quantitative estimate of drug-likeness (QED) is 0.472. The van der Waals surface area contributed by atoms with E-state index < -0.39 is 0 Å². The van der Waals surface area contributed by atoms with Crippen LogP contribution in [0.3, 0.4) is 0 Å². The van der Waals surface area contributed by atoms with Gasteiger partial charge in [0.15, 0.2) is 0 Å². The number of aryl methyl sites for hydroxylation is 1. The first-order valence-corrected chi connectivity index (χ1v) is 10.0. The van der Waals surface area contributed by atoms with Crippen LogP contribution in [0.5, 0.6) is 0 Å². The summed E-state index contributed by atoms with van der Waals surface area (Å²) in [6.07, 6.45) is 15.1. The SMILES string of the molecule is CCCCCCCSC(CCn1ccnc1)Cc1ccccc1. The molecule has 0 N–H and O–H groups in total. The molecule has 2 nitrogen and oxygen atoms in total. The Morgan fingerprint density at radius 2 is 1.91 bits per heavy atom. The molecule has 0 radical (unpaired) electrons. The van der Waals surface area contributed by atoms with Crippen molar-refractivity contribution in [2.45, 2.75) is 63.7 Å². The van der Waals surface area contributed by atoms with Crippen LogP contribution in [0, 0.1) is 0 Å². The maximum Gasteiger partial charge on any atom is 0.0945 e. The highest BCUT2D eigenvalue weighted by Gasteiger charge is 2.10. The molecule has 23 heavy (non-hydrogen) atoms. The Kier molecular flexibility index (Phi) is 8.93. The van der Waals surface area contributed by atoms with Crippen LogP contribution in [0.1, 0.15) is 51.0 Å². The minimum atomic E-state index is 0.700. The summed E-state index contributed by atoms with van der Waals surface area (Å²) in [4.78, 5) is 4.14. The van der Waals surface area contributed by atoms with Gasteiger partial charge in [-0.25, -0.2) is 4.98 Å². The van der Waals surface area contributed by atoms with Crippen molar-refractivity contribution in [3.63, 3.8) is 0 Å². The second kappa shape index (κ2) is 11.3. The van der Waals surface area contributed by atoms with Crippen molar-refractivity contribution >= 4 is 11.8 Å². The Balaban J connectivity index is 1.76. The van der Waals surface area contributed by atoms with Crippen LogP contribution >= 0.6 is 11.8 Å². The predicted octanol–water partition coefficient (Wildman–Crippen LogP) is 5.59. The first-order chi connectivity index (χ1) is 11.4. The molecule has 1 aromatic heterocycles. The molecule has 1 aromatic carbocycles. The molecule has 0 fully saturated rings. The number of unbranched alkanes of at least 4 members (excludes halogenated alkanes) is 4. The van der Waals surface area contributed by atoms with Gasteiger partial charge in [-0.15, -0.1) is 0 Å². The van der Waals surface area contributed by atoms with E-state index in [1.54, 1.807) is 0 Å². The van der Waals surface area contributed by atoms with Gasteiger partial charge in [0.05, 0.1) is 6.33 Å².